The Morgan fingerprint density at radius 1 is 1.59 bits per heavy atom. The third-order valence-electron chi connectivity index (χ3n) is 2.72. The number of pyridine rings is 1. The van der Waals surface area contributed by atoms with E-state index in [-0.39, 0.29) is 6.10 Å². The van der Waals surface area contributed by atoms with Crippen LogP contribution in [0, 0.1) is 5.92 Å². The van der Waals surface area contributed by atoms with Gasteiger partial charge in [0.15, 0.2) is 0 Å². The smallest absolute Gasteiger partial charge is 0.237 e. The predicted molar refractivity (Wildman–Crippen MR) is 67.4 cm³/mol. The van der Waals surface area contributed by atoms with Gasteiger partial charge in [-0.1, -0.05) is 0 Å². The van der Waals surface area contributed by atoms with Gasteiger partial charge < -0.3 is 14.8 Å². The molecule has 1 atom stereocenters. The molecule has 2 rings (SSSR count). The van der Waals surface area contributed by atoms with Crippen LogP contribution >= 0.6 is 0 Å². The van der Waals surface area contributed by atoms with Crippen LogP contribution in [0.15, 0.2) is 18.3 Å². The van der Waals surface area contributed by atoms with Crippen molar-refractivity contribution in [3.05, 3.63) is 18.3 Å². The normalized spacial score (nSPS) is 19.6. The average Bonchev–Trinajstić information content (AvgIpc) is 2.80. The van der Waals surface area contributed by atoms with Crippen LogP contribution in [0.3, 0.4) is 0 Å². The average molecular weight is 236 g/mol. The molecule has 0 amide bonds. The molecule has 4 heteroatoms. The van der Waals surface area contributed by atoms with Crippen LogP contribution in [0.1, 0.15) is 20.3 Å². The molecule has 1 aromatic heterocycles. The van der Waals surface area contributed by atoms with Crippen molar-refractivity contribution in [3.8, 4) is 5.88 Å². The zero-order valence-corrected chi connectivity index (χ0v) is 10.5. The van der Waals surface area contributed by atoms with Gasteiger partial charge in [-0.25, -0.2) is 4.98 Å². The highest BCUT2D eigenvalue weighted by atomic mass is 16.5. The van der Waals surface area contributed by atoms with Crippen molar-refractivity contribution in [1.82, 2.24) is 4.98 Å². The van der Waals surface area contributed by atoms with Crippen LogP contribution in [0.4, 0.5) is 5.69 Å². The molecule has 0 aromatic carbocycles. The van der Waals surface area contributed by atoms with Crippen LogP contribution in [0.5, 0.6) is 5.88 Å². The van der Waals surface area contributed by atoms with E-state index in [1.807, 2.05) is 26.0 Å². The number of rotatable bonds is 5. The van der Waals surface area contributed by atoms with Gasteiger partial charge in [0.1, 0.15) is 0 Å². The lowest BCUT2D eigenvalue weighted by Crippen LogP contribution is -2.16. The number of anilines is 1. The molecule has 1 aromatic rings. The topological polar surface area (TPSA) is 43.4 Å². The van der Waals surface area contributed by atoms with Gasteiger partial charge in [-0.05, 0) is 32.4 Å². The Hall–Kier alpha value is -1.29. The van der Waals surface area contributed by atoms with Gasteiger partial charge in [0.2, 0.25) is 5.88 Å². The van der Waals surface area contributed by atoms with Crippen molar-refractivity contribution < 1.29 is 9.47 Å². The van der Waals surface area contributed by atoms with Crippen molar-refractivity contribution in [3.63, 3.8) is 0 Å². The summed E-state index contributed by atoms with van der Waals surface area (Å²) >= 11 is 0. The summed E-state index contributed by atoms with van der Waals surface area (Å²) in [5, 5.41) is 3.39. The van der Waals surface area contributed by atoms with Gasteiger partial charge in [-0.2, -0.15) is 0 Å². The predicted octanol–water partition coefficient (Wildman–Crippen LogP) is 2.32. The molecule has 1 N–H and O–H groups in total. The number of hydrogen-bond acceptors (Lipinski definition) is 4. The van der Waals surface area contributed by atoms with E-state index in [9.17, 15) is 0 Å². The Labute approximate surface area is 102 Å². The first-order valence-corrected chi connectivity index (χ1v) is 6.19. The molecule has 1 aliphatic rings. The van der Waals surface area contributed by atoms with Crippen LogP contribution < -0.4 is 10.1 Å². The number of nitrogens with one attached hydrogen (secondary N) is 1. The summed E-state index contributed by atoms with van der Waals surface area (Å²) in [5.41, 5.74) is 0.966. The summed E-state index contributed by atoms with van der Waals surface area (Å²) in [6.07, 6.45) is 3.02. The zero-order valence-electron chi connectivity index (χ0n) is 10.5. The molecule has 4 nitrogen and oxygen atoms in total. The van der Waals surface area contributed by atoms with E-state index in [1.54, 1.807) is 6.20 Å². The molecule has 0 saturated carbocycles. The monoisotopic (exact) mass is 236 g/mol. The quantitative estimate of drug-likeness (QED) is 0.852. The van der Waals surface area contributed by atoms with E-state index < -0.39 is 0 Å². The summed E-state index contributed by atoms with van der Waals surface area (Å²) in [4.78, 5) is 4.25. The fraction of sp³-hybridized carbons (Fsp3) is 0.615. The second-order valence-corrected chi connectivity index (χ2v) is 4.63. The standard InChI is InChI=1S/C13H20N2O2/c1-10(2)17-13-12(4-3-6-14-13)15-8-11-5-7-16-9-11/h3-4,6,10-11,15H,5,7-9H2,1-2H3. The van der Waals surface area contributed by atoms with E-state index in [2.05, 4.69) is 10.3 Å². The Morgan fingerprint density at radius 2 is 2.47 bits per heavy atom. The summed E-state index contributed by atoms with van der Waals surface area (Å²) in [7, 11) is 0. The number of hydrogen-bond donors (Lipinski definition) is 1. The van der Waals surface area contributed by atoms with Crippen LogP contribution in [-0.2, 0) is 4.74 Å². The summed E-state index contributed by atoms with van der Waals surface area (Å²) in [6.45, 7) is 6.66. The van der Waals surface area contributed by atoms with Crippen molar-refractivity contribution in [2.24, 2.45) is 5.92 Å². The number of aromatic nitrogens is 1. The first-order chi connectivity index (χ1) is 8.25. The Bertz CT molecular complexity index is 349. The molecule has 1 fully saturated rings. The minimum Gasteiger partial charge on any atom is -0.473 e. The van der Waals surface area contributed by atoms with Gasteiger partial charge in [0.25, 0.3) is 0 Å². The van der Waals surface area contributed by atoms with Gasteiger partial charge in [-0.15, -0.1) is 0 Å². The Balaban J connectivity index is 1.94. The van der Waals surface area contributed by atoms with Crippen molar-refractivity contribution >= 4 is 5.69 Å². The molecule has 17 heavy (non-hydrogen) atoms. The van der Waals surface area contributed by atoms with E-state index in [4.69, 9.17) is 9.47 Å². The summed E-state index contributed by atoms with van der Waals surface area (Å²) in [5.74, 6) is 1.28. The fourth-order valence-electron chi connectivity index (χ4n) is 1.84. The van der Waals surface area contributed by atoms with Gasteiger partial charge in [-0.3, -0.25) is 0 Å². The molecular formula is C13H20N2O2. The molecule has 94 valence electrons. The molecular weight excluding hydrogens is 216 g/mol. The molecule has 0 aliphatic carbocycles. The maximum absolute atomic E-state index is 5.66. The van der Waals surface area contributed by atoms with E-state index in [0.717, 1.165) is 31.9 Å². The van der Waals surface area contributed by atoms with Crippen LogP contribution in [-0.4, -0.2) is 30.8 Å². The molecule has 1 saturated heterocycles. The van der Waals surface area contributed by atoms with E-state index in [0.29, 0.717) is 11.8 Å². The lowest BCUT2D eigenvalue weighted by molar-refractivity contribution is 0.187. The highest BCUT2D eigenvalue weighted by Gasteiger charge is 2.16. The molecule has 0 spiro atoms. The minimum absolute atomic E-state index is 0.139. The molecule has 1 aliphatic heterocycles. The zero-order chi connectivity index (χ0) is 12.1. The second-order valence-electron chi connectivity index (χ2n) is 4.63. The first kappa shape index (κ1) is 12.2. The third-order valence-corrected chi connectivity index (χ3v) is 2.72. The SMILES string of the molecule is CC(C)Oc1ncccc1NCC1CCOC1. The van der Waals surface area contributed by atoms with Crippen molar-refractivity contribution in [2.45, 2.75) is 26.4 Å². The van der Waals surface area contributed by atoms with Gasteiger partial charge in [0, 0.05) is 25.3 Å². The Morgan fingerprint density at radius 3 is 3.18 bits per heavy atom. The third kappa shape index (κ3) is 3.60. The van der Waals surface area contributed by atoms with E-state index >= 15 is 0 Å². The maximum atomic E-state index is 5.66. The van der Waals surface area contributed by atoms with Gasteiger partial charge in [0.05, 0.1) is 18.4 Å². The maximum Gasteiger partial charge on any atom is 0.237 e. The number of ether oxygens (including phenoxy) is 2. The lowest BCUT2D eigenvalue weighted by Gasteiger charge is -2.15. The molecule has 2 heterocycles. The van der Waals surface area contributed by atoms with Crippen LogP contribution in [0.25, 0.3) is 0 Å². The second kappa shape index (κ2) is 5.87. The van der Waals surface area contributed by atoms with E-state index in [1.165, 1.54) is 0 Å². The largest absolute Gasteiger partial charge is 0.473 e. The molecule has 0 bridgehead atoms. The van der Waals surface area contributed by atoms with Crippen molar-refractivity contribution in [1.29, 1.82) is 0 Å². The highest BCUT2D eigenvalue weighted by Crippen LogP contribution is 2.23. The van der Waals surface area contributed by atoms with Gasteiger partial charge >= 0.3 is 0 Å². The molecule has 0 radical (unpaired) electrons. The summed E-state index contributed by atoms with van der Waals surface area (Å²) in [6, 6.07) is 3.92. The highest BCUT2D eigenvalue weighted by molar-refractivity contribution is 5.52. The summed E-state index contributed by atoms with van der Waals surface area (Å²) < 4.78 is 11.0. The minimum atomic E-state index is 0.139. The fourth-order valence-corrected chi connectivity index (χ4v) is 1.84. The lowest BCUT2D eigenvalue weighted by atomic mass is 10.1. The van der Waals surface area contributed by atoms with Crippen LogP contribution in [0.2, 0.25) is 0 Å². The van der Waals surface area contributed by atoms with Crippen molar-refractivity contribution in [2.75, 3.05) is 25.1 Å². The molecule has 1 unspecified atom stereocenters. The first-order valence-electron chi connectivity index (χ1n) is 6.19. The number of nitrogens with zero attached hydrogens (tertiary/aromatic N) is 1. The Kier molecular flexibility index (Phi) is 4.20.